The highest BCUT2D eigenvalue weighted by atomic mass is 127. The number of halogens is 1. The molecule has 0 aliphatic carbocycles. The number of nitrogens with one attached hydrogen (secondary N) is 2. The fourth-order valence-electron chi connectivity index (χ4n) is 2.96. The molecule has 1 heterocycles. The van der Waals surface area contributed by atoms with Gasteiger partial charge in [0.1, 0.15) is 12.9 Å². The van der Waals surface area contributed by atoms with E-state index in [0.717, 1.165) is 30.6 Å². The highest BCUT2D eigenvalue weighted by Gasteiger charge is 2.20. The number of benzene rings is 2. The number of hydrogen-bond donors (Lipinski definition) is 2. The summed E-state index contributed by atoms with van der Waals surface area (Å²) in [6, 6.07) is 20.6. The van der Waals surface area contributed by atoms with Gasteiger partial charge in [0, 0.05) is 24.2 Å². The van der Waals surface area contributed by atoms with Crippen molar-refractivity contribution in [1.82, 2.24) is 25.4 Å². The summed E-state index contributed by atoms with van der Waals surface area (Å²) in [5, 5.41) is 15.1. The summed E-state index contributed by atoms with van der Waals surface area (Å²) in [4.78, 5) is 4.71. The van der Waals surface area contributed by atoms with Crippen LogP contribution in [0.15, 0.2) is 72.0 Å². The Morgan fingerprint density at radius 3 is 2.31 bits per heavy atom. The molecule has 0 atom stereocenters. The molecule has 0 amide bonds. The third-order valence-corrected chi connectivity index (χ3v) is 4.63. The van der Waals surface area contributed by atoms with E-state index in [1.165, 1.54) is 5.56 Å². The van der Waals surface area contributed by atoms with Crippen molar-refractivity contribution in [2.75, 3.05) is 13.1 Å². The fraction of sp³-hybridized carbons (Fsp3) is 0.318. The maximum Gasteiger partial charge on any atom is 0.191 e. The first-order valence-corrected chi connectivity index (χ1v) is 9.62. The molecule has 154 valence electrons. The Morgan fingerprint density at radius 2 is 1.66 bits per heavy atom. The zero-order valence-corrected chi connectivity index (χ0v) is 19.5. The number of hydrogen-bond acceptors (Lipinski definition) is 3. The van der Waals surface area contributed by atoms with Crippen molar-refractivity contribution in [2.24, 2.45) is 4.99 Å². The van der Waals surface area contributed by atoms with E-state index < -0.39 is 0 Å². The van der Waals surface area contributed by atoms with Crippen molar-refractivity contribution in [3.8, 4) is 5.69 Å². The predicted octanol–water partition coefficient (Wildman–Crippen LogP) is 3.92. The van der Waals surface area contributed by atoms with E-state index >= 15 is 0 Å². The molecule has 0 aliphatic heterocycles. The lowest BCUT2D eigenvalue weighted by Gasteiger charge is -2.26. The Hall–Kier alpha value is -2.42. The van der Waals surface area contributed by atoms with E-state index in [1.54, 1.807) is 6.33 Å². The second kappa shape index (κ2) is 10.9. The summed E-state index contributed by atoms with van der Waals surface area (Å²) in [5.74, 6) is 1.57. The first-order valence-electron chi connectivity index (χ1n) is 9.62. The van der Waals surface area contributed by atoms with E-state index in [-0.39, 0.29) is 29.4 Å². The van der Waals surface area contributed by atoms with Crippen LogP contribution in [0.25, 0.3) is 5.69 Å². The van der Waals surface area contributed by atoms with Crippen LogP contribution >= 0.6 is 24.0 Å². The van der Waals surface area contributed by atoms with E-state index in [4.69, 9.17) is 4.99 Å². The topological polar surface area (TPSA) is 67.1 Å². The van der Waals surface area contributed by atoms with Crippen LogP contribution in [0.2, 0.25) is 0 Å². The molecule has 3 rings (SSSR count). The summed E-state index contributed by atoms with van der Waals surface area (Å²) in [5.41, 5.74) is 2.31. The van der Waals surface area contributed by atoms with Gasteiger partial charge in [-0.15, -0.1) is 34.2 Å². The lowest BCUT2D eigenvalue weighted by Crippen LogP contribution is -2.43. The Bertz CT molecular complexity index is 890. The Morgan fingerprint density at radius 1 is 1.00 bits per heavy atom. The van der Waals surface area contributed by atoms with Gasteiger partial charge in [-0.05, 0) is 24.6 Å². The van der Waals surface area contributed by atoms with E-state index in [2.05, 4.69) is 65.9 Å². The molecule has 0 bridgehead atoms. The van der Waals surface area contributed by atoms with Crippen LogP contribution in [0, 0.1) is 0 Å². The molecule has 6 nitrogen and oxygen atoms in total. The smallest absolute Gasteiger partial charge is 0.191 e. The van der Waals surface area contributed by atoms with Crippen molar-refractivity contribution < 1.29 is 0 Å². The SMILES string of the molecule is CCNC(=NCc1nncn1-c1ccccc1)NCC(C)(C)c1ccccc1.I. The Kier molecular flexibility index (Phi) is 8.63. The lowest BCUT2D eigenvalue weighted by molar-refractivity contribution is 0.508. The molecule has 2 N–H and O–H groups in total. The third-order valence-electron chi connectivity index (χ3n) is 4.63. The van der Waals surface area contributed by atoms with Crippen molar-refractivity contribution in [3.63, 3.8) is 0 Å². The number of rotatable bonds is 7. The maximum atomic E-state index is 4.71. The number of aliphatic imine (C=N–C) groups is 1. The van der Waals surface area contributed by atoms with Gasteiger partial charge in [0.2, 0.25) is 0 Å². The molecular formula is C22H29IN6. The van der Waals surface area contributed by atoms with Crippen LogP contribution in [0.5, 0.6) is 0 Å². The zero-order valence-electron chi connectivity index (χ0n) is 17.2. The molecule has 0 radical (unpaired) electrons. The summed E-state index contributed by atoms with van der Waals surface area (Å²) >= 11 is 0. The van der Waals surface area contributed by atoms with Crippen molar-refractivity contribution >= 4 is 29.9 Å². The second-order valence-corrected chi connectivity index (χ2v) is 7.25. The Balaban J connectivity index is 0.00000300. The quantitative estimate of drug-likeness (QED) is 0.291. The molecule has 3 aromatic rings. The first-order chi connectivity index (χ1) is 13.6. The molecule has 0 fully saturated rings. The van der Waals surface area contributed by atoms with Gasteiger partial charge in [-0.1, -0.05) is 62.4 Å². The van der Waals surface area contributed by atoms with Crippen LogP contribution in [0.4, 0.5) is 0 Å². The van der Waals surface area contributed by atoms with Gasteiger partial charge in [-0.2, -0.15) is 0 Å². The number of guanidine groups is 1. The zero-order chi connectivity index (χ0) is 19.8. The van der Waals surface area contributed by atoms with Gasteiger partial charge in [0.25, 0.3) is 0 Å². The summed E-state index contributed by atoms with van der Waals surface area (Å²) in [6.45, 7) is 8.52. The van der Waals surface area contributed by atoms with Crippen molar-refractivity contribution in [3.05, 3.63) is 78.4 Å². The minimum absolute atomic E-state index is 0. The summed E-state index contributed by atoms with van der Waals surface area (Å²) < 4.78 is 1.96. The summed E-state index contributed by atoms with van der Waals surface area (Å²) in [6.07, 6.45) is 1.72. The predicted molar refractivity (Wildman–Crippen MR) is 129 cm³/mol. The molecule has 0 spiro atoms. The average Bonchev–Trinajstić information content (AvgIpc) is 3.20. The van der Waals surface area contributed by atoms with Crippen LogP contribution in [-0.4, -0.2) is 33.8 Å². The van der Waals surface area contributed by atoms with Gasteiger partial charge in [0.15, 0.2) is 11.8 Å². The Labute approximate surface area is 189 Å². The molecule has 0 unspecified atom stereocenters. The minimum atomic E-state index is -0.0124. The number of para-hydroxylation sites is 1. The molecule has 2 aromatic carbocycles. The number of nitrogens with zero attached hydrogens (tertiary/aromatic N) is 4. The van der Waals surface area contributed by atoms with E-state index in [1.807, 2.05) is 41.0 Å². The van der Waals surface area contributed by atoms with E-state index in [9.17, 15) is 0 Å². The molecule has 29 heavy (non-hydrogen) atoms. The largest absolute Gasteiger partial charge is 0.357 e. The normalized spacial score (nSPS) is 11.6. The molecule has 0 saturated carbocycles. The average molecular weight is 504 g/mol. The van der Waals surface area contributed by atoms with Gasteiger partial charge in [0.05, 0.1) is 0 Å². The van der Waals surface area contributed by atoms with E-state index in [0.29, 0.717) is 6.54 Å². The third kappa shape index (κ3) is 6.28. The first kappa shape index (κ1) is 22.9. The second-order valence-electron chi connectivity index (χ2n) is 7.25. The minimum Gasteiger partial charge on any atom is -0.357 e. The van der Waals surface area contributed by atoms with Crippen molar-refractivity contribution in [1.29, 1.82) is 0 Å². The van der Waals surface area contributed by atoms with Gasteiger partial charge in [-0.25, -0.2) is 4.99 Å². The van der Waals surface area contributed by atoms with Gasteiger partial charge >= 0.3 is 0 Å². The van der Waals surface area contributed by atoms with Crippen LogP contribution in [0.1, 0.15) is 32.2 Å². The van der Waals surface area contributed by atoms with Crippen molar-refractivity contribution in [2.45, 2.75) is 32.7 Å². The molecule has 1 aromatic heterocycles. The lowest BCUT2D eigenvalue weighted by atomic mass is 9.85. The van der Waals surface area contributed by atoms with Gasteiger partial charge in [-0.3, -0.25) is 4.57 Å². The molecule has 0 aliphatic rings. The fourth-order valence-corrected chi connectivity index (χ4v) is 2.96. The molecular weight excluding hydrogens is 475 g/mol. The molecule has 7 heteroatoms. The van der Waals surface area contributed by atoms with Crippen LogP contribution in [0.3, 0.4) is 0 Å². The van der Waals surface area contributed by atoms with Gasteiger partial charge < -0.3 is 10.6 Å². The van der Waals surface area contributed by atoms with Crippen LogP contribution in [-0.2, 0) is 12.0 Å². The number of aromatic nitrogens is 3. The maximum absolute atomic E-state index is 4.71. The highest BCUT2D eigenvalue weighted by molar-refractivity contribution is 14.0. The standard InChI is InChI=1S/C22H28N6.HI/c1-4-23-21(25-16-22(2,3)18-11-7-5-8-12-18)24-15-20-27-26-17-28(20)19-13-9-6-10-14-19;/h5-14,17H,4,15-16H2,1-3H3,(H2,23,24,25);1H. The molecule has 0 saturated heterocycles. The highest BCUT2D eigenvalue weighted by Crippen LogP contribution is 2.21. The van der Waals surface area contributed by atoms with Crippen LogP contribution < -0.4 is 10.6 Å². The summed E-state index contributed by atoms with van der Waals surface area (Å²) in [7, 11) is 0. The monoisotopic (exact) mass is 504 g/mol.